The standard InChI is InChI=1S/C19H20FN3O4/c1-8-2-3-10-6-11(20)16-17(14(10)21-8)27-7-12-13(9-4-5-9)22-15(19(25)26)18(24)23(12)16/h6-9,13-14,17,21H,2-5H2,1H3,(H,25,26). The summed E-state index contributed by atoms with van der Waals surface area (Å²) in [5, 5.41) is 12.9. The molecule has 0 aromatic rings. The van der Waals surface area contributed by atoms with Gasteiger partial charge in [-0.2, -0.15) is 0 Å². The highest BCUT2D eigenvalue weighted by Crippen LogP contribution is 2.46. The first kappa shape index (κ1) is 16.7. The normalized spacial score (nSPS) is 35.3. The highest BCUT2D eigenvalue weighted by molar-refractivity contribution is 6.64. The summed E-state index contributed by atoms with van der Waals surface area (Å²) in [6, 6.07) is -0.477. The molecule has 27 heavy (non-hydrogen) atoms. The number of aliphatic carboxylic acids is 1. The fraction of sp³-hybridized carbons (Fsp3) is 0.526. The van der Waals surface area contributed by atoms with Gasteiger partial charge in [-0.25, -0.2) is 9.18 Å². The smallest absolute Gasteiger partial charge is 0.359 e. The number of carboxylic acids is 1. The molecular weight excluding hydrogens is 353 g/mol. The minimum atomic E-state index is -1.38. The Morgan fingerprint density at radius 2 is 2.19 bits per heavy atom. The van der Waals surface area contributed by atoms with Crippen LogP contribution >= 0.6 is 0 Å². The summed E-state index contributed by atoms with van der Waals surface area (Å²) in [5.41, 5.74) is 0.901. The van der Waals surface area contributed by atoms with Crippen molar-refractivity contribution in [2.45, 2.75) is 56.8 Å². The number of aliphatic imine (C=N–C) groups is 1. The molecule has 2 fully saturated rings. The van der Waals surface area contributed by atoms with Crippen molar-refractivity contribution < 1.29 is 23.8 Å². The largest absolute Gasteiger partial charge is 0.488 e. The maximum atomic E-state index is 15.1. The maximum absolute atomic E-state index is 15.1. The van der Waals surface area contributed by atoms with E-state index in [-0.39, 0.29) is 23.7 Å². The van der Waals surface area contributed by atoms with Crippen molar-refractivity contribution in [1.82, 2.24) is 10.2 Å². The monoisotopic (exact) mass is 373 g/mol. The molecule has 4 unspecified atom stereocenters. The molecule has 1 saturated carbocycles. The molecule has 0 aromatic carbocycles. The lowest BCUT2D eigenvalue weighted by molar-refractivity contribution is -0.132. The van der Waals surface area contributed by atoms with Crippen molar-refractivity contribution in [3.05, 3.63) is 35.1 Å². The number of carbonyl (C=O) groups excluding carboxylic acids is 1. The van der Waals surface area contributed by atoms with Crippen LogP contribution in [-0.4, -0.2) is 51.8 Å². The minimum Gasteiger partial charge on any atom is -0.488 e. The average molecular weight is 373 g/mol. The number of rotatable bonds is 2. The van der Waals surface area contributed by atoms with Gasteiger partial charge in [0.05, 0.1) is 17.8 Å². The first-order valence-electron chi connectivity index (χ1n) is 9.33. The lowest BCUT2D eigenvalue weighted by Gasteiger charge is -2.46. The molecule has 1 amide bonds. The van der Waals surface area contributed by atoms with Crippen LogP contribution in [-0.2, 0) is 14.3 Å². The Balaban J connectivity index is 1.63. The quantitative estimate of drug-likeness (QED) is 0.768. The summed E-state index contributed by atoms with van der Waals surface area (Å²) in [6.07, 6.45) is 5.71. The molecule has 0 bridgehead atoms. The third-order valence-corrected chi connectivity index (χ3v) is 5.94. The Bertz CT molecular complexity index is 870. The molecule has 5 rings (SSSR count). The molecular formula is C19H20FN3O4. The molecule has 3 heterocycles. The van der Waals surface area contributed by atoms with Gasteiger partial charge in [0.1, 0.15) is 17.8 Å². The number of piperidine rings is 1. The number of fused-ring (bicyclic) bond motifs is 5. The Kier molecular flexibility index (Phi) is 3.56. The van der Waals surface area contributed by atoms with Gasteiger partial charge in [0, 0.05) is 6.04 Å². The number of allylic oxidation sites excluding steroid dienone is 2. The third kappa shape index (κ3) is 2.46. The minimum absolute atomic E-state index is 0.0900. The third-order valence-electron chi connectivity index (χ3n) is 5.94. The number of amides is 1. The number of nitrogens with one attached hydrogen (secondary N) is 1. The van der Waals surface area contributed by atoms with E-state index in [0.717, 1.165) is 31.3 Å². The zero-order valence-corrected chi connectivity index (χ0v) is 14.8. The van der Waals surface area contributed by atoms with E-state index in [1.165, 1.54) is 17.2 Å². The number of hydrogen-bond acceptors (Lipinski definition) is 5. The lowest BCUT2D eigenvalue weighted by Crippen LogP contribution is -2.58. The summed E-state index contributed by atoms with van der Waals surface area (Å²) in [7, 11) is 0. The number of carbonyl (C=O) groups is 2. The fourth-order valence-corrected chi connectivity index (χ4v) is 4.42. The van der Waals surface area contributed by atoms with Crippen LogP contribution < -0.4 is 5.32 Å². The molecule has 2 N–H and O–H groups in total. The first-order chi connectivity index (χ1) is 13.0. The summed E-state index contributed by atoms with van der Waals surface area (Å²) in [5.74, 6) is -2.56. The Hall–Kier alpha value is -2.48. The number of hydrogen-bond donors (Lipinski definition) is 2. The molecule has 4 atom stereocenters. The molecule has 0 spiro atoms. The van der Waals surface area contributed by atoms with Crippen LogP contribution in [0.2, 0.25) is 0 Å². The van der Waals surface area contributed by atoms with Crippen molar-refractivity contribution in [2.75, 3.05) is 0 Å². The fourth-order valence-electron chi connectivity index (χ4n) is 4.42. The molecule has 0 aromatic heterocycles. The molecule has 5 aliphatic rings. The number of nitrogens with zero attached hydrogens (tertiary/aromatic N) is 2. The second-order valence-electron chi connectivity index (χ2n) is 7.84. The van der Waals surface area contributed by atoms with Crippen LogP contribution in [0.25, 0.3) is 0 Å². The Morgan fingerprint density at radius 3 is 2.89 bits per heavy atom. The molecule has 142 valence electrons. The van der Waals surface area contributed by atoms with Gasteiger partial charge in [-0.1, -0.05) is 0 Å². The zero-order chi connectivity index (χ0) is 18.9. The lowest BCUT2D eigenvalue weighted by atomic mass is 9.83. The van der Waals surface area contributed by atoms with Crippen LogP contribution in [0, 0.1) is 5.92 Å². The van der Waals surface area contributed by atoms with Gasteiger partial charge in [-0.05, 0) is 50.2 Å². The zero-order valence-electron chi connectivity index (χ0n) is 14.8. The van der Waals surface area contributed by atoms with Gasteiger partial charge in [0.2, 0.25) is 5.71 Å². The maximum Gasteiger partial charge on any atom is 0.359 e. The van der Waals surface area contributed by atoms with Crippen LogP contribution in [0.5, 0.6) is 0 Å². The second-order valence-corrected chi connectivity index (χ2v) is 7.84. The summed E-state index contributed by atoms with van der Waals surface area (Å²) in [4.78, 5) is 29.8. The van der Waals surface area contributed by atoms with E-state index in [4.69, 9.17) is 4.74 Å². The van der Waals surface area contributed by atoms with Crippen molar-refractivity contribution >= 4 is 17.6 Å². The van der Waals surface area contributed by atoms with E-state index in [1.54, 1.807) is 0 Å². The van der Waals surface area contributed by atoms with E-state index in [0.29, 0.717) is 5.70 Å². The van der Waals surface area contributed by atoms with Crippen LogP contribution in [0.3, 0.4) is 0 Å². The van der Waals surface area contributed by atoms with Gasteiger partial charge in [0.25, 0.3) is 5.91 Å². The molecule has 8 heteroatoms. The highest BCUT2D eigenvalue weighted by atomic mass is 19.1. The van der Waals surface area contributed by atoms with Gasteiger partial charge in [-0.3, -0.25) is 14.7 Å². The summed E-state index contributed by atoms with van der Waals surface area (Å²) >= 11 is 0. The van der Waals surface area contributed by atoms with Crippen molar-refractivity contribution in [1.29, 1.82) is 0 Å². The van der Waals surface area contributed by atoms with Crippen molar-refractivity contribution in [2.24, 2.45) is 10.9 Å². The van der Waals surface area contributed by atoms with Crippen LogP contribution in [0.1, 0.15) is 32.6 Å². The predicted octanol–water partition coefficient (Wildman–Crippen LogP) is 1.63. The Morgan fingerprint density at radius 1 is 1.41 bits per heavy atom. The molecule has 1 saturated heterocycles. The highest BCUT2D eigenvalue weighted by Gasteiger charge is 2.51. The first-order valence-corrected chi connectivity index (χ1v) is 9.33. The number of ether oxygens (including phenoxy) is 1. The van der Waals surface area contributed by atoms with E-state index in [9.17, 15) is 14.7 Å². The van der Waals surface area contributed by atoms with Crippen molar-refractivity contribution in [3.8, 4) is 0 Å². The van der Waals surface area contributed by atoms with E-state index >= 15 is 4.39 Å². The predicted molar refractivity (Wildman–Crippen MR) is 93.2 cm³/mol. The van der Waals surface area contributed by atoms with Gasteiger partial charge in [0.15, 0.2) is 6.10 Å². The summed E-state index contributed by atoms with van der Waals surface area (Å²) in [6.45, 7) is 2.06. The second kappa shape index (κ2) is 5.76. The van der Waals surface area contributed by atoms with Gasteiger partial charge < -0.3 is 15.2 Å². The van der Waals surface area contributed by atoms with Crippen molar-refractivity contribution in [3.63, 3.8) is 0 Å². The summed E-state index contributed by atoms with van der Waals surface area (Å²) < 4.78 is 21.0. The van der Waals surface area contributed by atoms with Gasteiger partial charge >= 0.3 is 5.97 Å². The van der Waals surface area contributed by atoms with Crippen LogP contribution in [0.4, 0.5) is 4.39 Å². The van der Waals surface area contributed by atoms with E-state index < -0.39 is 35.6 Å². The van der Waals surface area contributed by atoms with E-state index in [2.05, 4.69) is 17.2 Å². The molecule has 3 aliphatic heterocycles. The van der Waals surface area contributed by atoms with Gasteiger partial charge in [-0.15, -0.1) is 0 Å². The number of halogens is 1. The SMILES string of the molecule is CC1CCC2=CC(F)=C3C(OC=C4C(C5CC5)N=C(C(=O)O)C(=O)N43)C2N1. The van der Waals surface area contributed by atoms with E-state index in [1.807, 2.05) is 0 Å². The average Bonchev–Trinajstić information content (AvgIpc) is 3.47. The Labute approximate surface area is 155 Å². The van der Waals surface area contributed by atoms with Crippen LogP contribution in [0.15, 0.2) is 40.1 Å². The number of carboxylic acid groups (broad SMARTS) is 1. The topological polar surface area (TPSA) is 91.2 Å². The molecule has 0 radical (unpaired) electrons. The molecule has 7 nitrogen and oxygen atoms in total. The molecule has 2 aliphatic carbocycles.